The van der Waals surface area contributed by atoms with Gasteiger partial charge in [0.25, 0.3) is 0 Å². The Morgan fingerprint density at radius 1 is 1.11 bits per heavy atom. The van der Waals surface area contributed by atoms with Crippen LogP contribution >= 0.6 is 46.4 Å². The van der Waals surface area contributed by atoms with E-state index < -0.39 is 36.5 Å². The van der Waals surface area contributed by atoms with Crippen molar-refractivity contribution in [2.45, 2.75) is 20.8 Å². The Morgan fingerprint density at radius 3 is 2.00 bits per heavy atom. The number of halogens is 4. The molecule has 0 radical (unpaired) electrons. The summed E-state index contributed by atoms with van der Waals surface area (Å²) in [6, 6.07) is 0. The van der Waals surface area contributed by atoms with E-state index in [1.165, 1.54) is 14.2 Å². The number of alkyl halides is 2. The van der Waals surface area contributed by atoms with Gasteiger partial charge in [0.15, 0.2) is 14.7 Å². The second kappa shape index (κ2) is 3.75. The molecule has 108 valence electrons. The van der Waals surface area contributed by atoms with Crippen LogP contribution in [0.4, 0.5) is 0 Å². The maximum absolute atomic E-state index is 12.0. The highest BCUT2D eigenvalue weighted by molar-refractivity contribution is 7.93. The zero-order valence-corrected chi connectivity index (χ0v) is 13.8. The largest absolute Gasteiger partial charge is 0.349 e. The Balaban J connectivity index is 2.36. The summed E-state index contributed by atoms with van der Waals surface area (Å²) in [7, 11) is -0.704. The molecule has 1 aliphatic heterocycles. The minimum Gasteiger partial charge on any atom is -0.349 e. The van der Waals surface area contributed by atoms with Crippen LogP contribution in [-0.2, 0) is 19.3 Å². The predicted molar refractivity (Wildman–Crippen MR) is 73.7 cm³/mol. The fraction of sp³-hybridized carbons (Fsp3) is 0.800. The molecule has 0 amide bonds. The highest BCUT2D eigenvalue weighted by atomic mass is 35.5. The maximum atomic E-state index is 12.0. The van der Waals surface area contributed by atoms with Gasteiger partial charge in [0.05, 0.1) is 21.1 Å². The van der Waals surface area contributed by atoms with E-state index in [-0.39, 0.29) is 15.8 Å². The van der Waals surface area contributed by atoms with Crippen molar-refractivity contribution in [2.75, 3.05) is 20.0 Å². The predicted octanol–water partition coefficient (Wildman–Crippen LogP) is 2.06. The van der Waals surface area contributed by atoms with Gasteiger partial charge >= 0.3 is 0 Å². The zero-order chi connectivity index (χ0) is 14.4. The molecule has 4 atom stereocenters. The van der Waals surface area contributed by atoms with E-state index in [1.807, 2.05) is 0 Å². The molecule has 4 nitrogen and oxygen atoms in total. The number of sulfone groups is 1. The lowest BCUT2D eigenvalue weighted by molar-refractivity contribution is -0.217. The van der Waals surface area contributed by atoms with E-state index in [0.29, 0.717) is 0 Å². The quantitative estimate of drug-likeness (QED) is 0.553. The third kappa shape index (κ3) is 1.15. The molecule has 2 fully saturated rings. The van der Waals surface area contributed by atoms with E-state index in [2.05, 4.69) is 0 Å². The average Bonchev–Trinajstić information content (AvgIpc) is 2.56. The van der Waals surface area contributed by atoms with Gasteiger partial charge in [-0.3, -0.25) is 0 Å². The molecule has 1 saturated carbocycles. The van der Waals surface area contributed by atoms with Gasteiger partial charge in [0, 0.05) is 20.1 Å². The number of ether oxygens (including phenoxy) is 2. The van der Waals surface area contributed by atoms with Crippen LogP contribution in [0.3, 0.4) is 0 Å². The summed E-state index contributed by atoms with van der Waals surface area (Å²) in [5.74, 6) is -2.19. The molecule has 4 unspecified atom stereocenters. The molecule has 2 aliphatic carbocycles. The van der Waals surface area contributed by atoms with Crippen molar-refractivity contribution in [1.29, 1.82) is 0 Å². The van der Waals surface area contributed by atoms with E-state index in [1.54, 1.807) is 0 Å². The van der Waals surface area contributed by atoms with Crippen LogP contribution in [0.25, 0.3) is 0 Å². The Labute approximate surface area is 130 Å². The summed E-state index contributed by atoms with van der Waals surface area (Å²) in [5, 5.41) is -0.862. The number of fused-ring (bicyclic) bond motifs is 5. The summed E-state index contributed by atoms with van der Waals surface area (Å²) >= 11 is 25.5. The number of hydrogen-bond donors (Lipinski definition) is 0. The monoisotopic (exact) mass is 366 g/mol. The zero-order valence-electron chi connectivity index (χ0n) is 9.91. The van der Waals surface area contributed by atoms with E-state index in [4.69, 9.17) is 55.9 Å². The first-order valence-electron chi connectivity index (χ1n) is 5.41. The summed E-state index contributed by atoms with van der Waals surface area (Å²) < 4.78 is 34.8. The Hall–Kier alpha value is 0.770. The molecule has 0 aromatic heterocycles. The molecule has 19 heavy (non-hydrogen) atoms. The molecule has 1 heterocycles. The van der Waals surface area contributed by atoms with E-state index in [0.717, 1.165) is 0 Å². The smallest absolute Gasteiger partial charge is 0.218 e. The Kier molecular flexibility index (Phi) is 2.90. The van der Waals surface area contributed by atoms with Crippen molar-refractivity contribution in [3.63, 3.8) is 0 Å². The lowest BCUT2D eigenvalue weighted by Crippen LogP contribution is -2.59. The summed E-state index contributed by atoms with van der Waals surface area (Å²) in [4.78, 5) is -2.99. The summed E-state index contributed by atoms with van der Waals surface area (Å²) in [6.07, 6.45) is 0. The number of hydrogen-bond acceptors (Lipinski definition) is 4. The lowest BCUT2D eigenvalue weighted by atomic mass is 9.92. The molecule has 1 saturated heterocycles. The van der Waals surface area contributed by atoms with Gasteiger partial charge in [0.2, 0.25) is 5.79 Å². The minimum atomic E-state index is -3.39. The lowest BCUT2D eigenvalue weighted by Gasteiger charge is -2.42. The van der Waals surface area contributed by atoms with Crippen molar-refractivity contribution >= 4 is 56.2 Å². The second-order valence-electron chi connectivity index (χ2n) is 4.93. The van der Waals surface area contributed by atoms with Crippen LogP contribution in [0.1, 0.15) is 0 Å². The van der Waals surface area contributed by atoms with Gasteiger partial charge in [-0.2, -0.15) is 0 Å². The van der Waals surface area contributed by atoms with E-state index >= 15 is 0 Å². The van der Waals surface area contributed by atoms with Crippen molar-refractivity contribution in [3.05, 3.63) is 10.1 Å². The highest BCUT2D eigenvalue weighted by Gasteiger charge is 2.90. The minimum absolute atomic E-state index is 0.0148. The fourth-order valence-electron chi connectivity index (χ4n) is 3.69. The topological polar surface area (TPSA) is 52.6 Å². The normalized spacial score (nSPS) is 49.2. The SMILES string of the molecule is COC1(OC)C2(Cl)C(Cl)=C(Cl)C1(Cl)C1C2CS1(=O)=O. The third-order valence-corrected chi connectivity index (χ3v) is 9.50. The van der Waals surface area contributed by atoms with Crippen LogP contribution in [0.2, 0.25) is 0 Å². The van der Waals surface area contributed by atoms with Crippen molar-refractivity contribution in [3.8, 4) is 0 Å². The van der Waals surface area contributed by atoms with Gasteiger partial charge in [-0.1, -0.05) is 23.2 Å². The van der Waals surface area contributed by atoms with Gasteiger partial charge in [-0.25, -0.2) is 8.42 Å². The fourth-order valence-corrected chi connectivity index (χ4v) is 8.79. The first kappa shape index (κ1) is 14.7. The van der Waals surface area contributed by atoms with Gasteiger partial charge in [0.1, 0.15) is 4.87 Å². The first-order valence-corrected chi connectivity index (χ1v) is 8.63. The number of rotatable bonds is 2. The molecule has 3 aliphatic rings. The standard InChI is InChI=1S/C10H10Cl4O4S/c1-17-10(18-2)8(13)4-3-19(15,16)7(4)9(10,14)6(12)5(8)11/h4,7H,3H2,1-2H3. The highest BCUT2D eigenvalue weighted by Crippen LogP contribution is 2.75. The molecule has 9 heteroatoms. The number of methoxy groups -OCH3 is 2. The van der Waals surface area contributed by atoms with Crippen molar-refractivity contribution < 1.29 is 17.9 Å². The van der Waals surface area contributed by atoms with Crippen LogP contribution in [0.5, 0.6) is 0 Å². The summed E-state index contributed by atoms with van der Waals surface area (Å²) in [5.41, 5.74) is 0. The van der Waals surface area contributed by atoms with Crippen molar-refractivity contribution in [1.82, 2.24) is 0 Å². The molecule has 0 N–H and O–H groups in total. The van der Waals surface area contributed by atoms with Crippen LogP contribution < -0.4 is 0 Å². The van der Waals surface area contributed by atoms with Gasteiger partial charge < -0.3 is 9.47 Å². The summed E-state index contributed by atoms with van der Waals surface area (Å²) in [6.45, 7) is 0. The third-order valence-electron chi connectivity index (χ3n) is 4.43. The second-order valence-corrected chi connectivity index (χ2v) is 9.05. The van der Waals surface area contributed by atoms with E-state index in [9.17, 15) is 8.42 Å². The molecular weight excluding hydrogens is 358 g/mol. The molecule has 0 aromatic carbocycles. The van der Waals surface area contributed by atoms with Gasteiger partial charge in [-0.05, 0) is 0 Å². The van der Waals surface area contributed by atoms with Crippen molar-refractivity contribution in [2.24, 2.45) is 5.92 Å². The average molecular weight is 368 g/mol. The first-order chi connectivity index (χ1) is 8.65. The molecule has 2 bridgehead atoms. The van der Waals surface area contributed by atoms with Crippen LogP contribution in [0, 0.1) is 5.92 Å². The van der Waals surface area contributed by atoms with Crippen LogP contribution in [0.15, 0.2) is 10.1 Å². The molecular formula is C10H10Cl4O4S. The Bertz CT molecular complexity index is 599. The maximum Gasteiger partial charge on any atom is 0.218 e. The Morgan fingerprint density at radius 2 is 1.58 bits per heavy atom. The van der Waals surface area contributed by atoms with Crippen LogP contribution in [-0.4, -0.2) is 49.2 Å². The molecule has 0 aromatic rings. The molecule has 0 spiro atoms. The van der Waals surface area contributed by atoms with Gasteiger partial charge in [-0.15, -0.1) is 23.2 Å². The molecule has 3 rings (SSSR count).